The summed E-state index contributed by atoms with van der Waals surface area (Å²) in [5.74, 6) is -1.41. The lowest BCUT2D eigenvalue weighted by Crippen LogP contribution is -2.06. The van der Waals surface area contributed by atoms with Crippen LogP contribution in [0.3, 0.4) is 0 Å². The predicted octanol–water partition coefficient (Wildman–Crippen LogP) is 3.47. The number of benzene rings is 2. The van der Waals surface area contributed by atoms with Gasteiger partial charge in [0.2, 0.25) is 0 Å². The van der Waals surface area contributed by atoms with Crippen LogP contribution in [0.5, 0.6) is 0 Å². The third kappa shape index (κ3) is 2.56. The number of carbonyl (C=O) groups is 1. The van der Waals surface area contributed by atoms with E-state index in [4.69, 9.17) is 10.8 Å². The molecule has 2 aromatic rings. The first-order valence-electron chi connectivity index (χ1n) is 6.05. The largest absolute Gasteiger partial charge is 0.478 e. The summed E-state index contributed by atoms with van der Waals surface area (Å²) in [5.41, 5.74) is 8.27. The normalized spacial score (nSPS) is 10.3. The molecule has 0 unspecified atom stereocenters. The number of nitrogens with one attached hydrogen (secondary N) is 1. The summed E-state index contributed by atoms with van der Waals surface area (Å²) in [5, 5.41) is 12.1. The fourth-order valence-electron chi connectivity index (χ4n) is 1.95. The molecule has 0 fully saturated rings. The molecule has 2 rings (SSSR count). The van der Waals surface area contributed by atoms with Crippen molar-refractivity contribution in [3.8, 4) is 0 Å². The minimum Gasteiger partial charge on any atom is -0.478 e. The van der Waals surface area contributed by atoms with E-state index in [0.717, 1.165) is 0 Å². The summed E-state index contributed by atoms with van der Waals surface area (Å²) >= 11 is 0. The maximum absolute atomic E-state index is 13.5. The van der Waals surface area contributed by atoms with Gasteiger partial charge in [-0.25, -0.2) is 9.18 Å². The second kappa shape index (κ2) is 5.21. The highest BCUT2D eigenvalue weighted by Crippen LogP contribution is 2.27. The first-order chi connectivity index (χ1) is 9.40. The molecule has 2 aromatic carbocycles. The van der Waals surface area contributed by atoms with Crippen LogP contribution in [0.15, 0.2) is 30.3 Å². The second-order valence-corrected chi connectivity index (χ2v) is 4.60. The Kier molecular flexibility index (Phi) is 3.61. The Morgan fingerprint density at radius 2 is 2.00 bits per heavy atom. The topological polar surface area (TPSA) is 75.3 Å². The molecule has 5 heteroatoms. The molecule has 0 aliphatic rings. The average molecular weight is 274 g/mol. The monoisotopic (exact) mass is 274 g/mol. The van der Waals surface area contributed by atoms with Gasteiger partial charge in [0.05, 0.1) is 5.56 Å². The van der Waals surface area contributed by atoms with Crippen molar-refractivity contribution in [2.24, 2.45) is 0 Å². The zero-order valence-electron chi connectivity index (χ0n) is 11.2. The summed E-state index contributed by atoms with van der Waals surface area (Å²) in [7, 11) is 0. The number of carboxylic acids is 1. The standard InChI is InChI=1S/C15H15FN2O2/c1-8-6-10(7-11(14(8)17)15(19)20)18-13-5-3-4-12(16)9(13)2/h3-7,18H,17H2,1-2H3,(H,19,20). The van der Waals surface area contributed by atoms with Gasteiger partial charge >= 0.3 is 5.97 Å². The molecule has 4 N–H and O–H groups in total. The van der Waals surface area contributed by atoms with Crippen LogP contribution in [0.4, 0.5) is 21.5 Å². The number of nitrogen functional groups attached to an aromatic ring is 1. The van der Waals surface area contributed by atoms with Crippen molar-refractivity contribution in [1.29, 1.82) is 0 Å². The lowest BCUT2D eigenvalue weighted by Gasteiger charge is -2.13. The van der Waals surface area contributed by atoms with Crippen molar-refractivity contribution in [2.45, 2.75) is 13.8 Å². The predicted molar refractivity (Wildman–Crippen MR) is 77.0 cm³/mol. The molecule has 0 radical (unpaired) electrons. The quantitative estimate of drug-likeness (QED) is 0.749. The van der Waals surface area contributed by atoms with Gasteiger partial charge in [0.15, 0.2) is 0 Å². The maximum Gasteiger partial charge on any atom is 0.337 e. The van der Waals surface area contributed by atoms with E-state index >= 15 is 0 Å². The molecule has 0 saturated carbocycles. The van der Waals surface area contributed by atoms with Crippen LogP contribution in [0.2, 0.25) is 0 Å². The van der Waals surface area contributed by atoms with Gasteiger partial charge in [-0.1, -0.05) is 6.07 Å². The van der Waals surface area contributed by atoms with Crippen molar-refractivity contribution < 1.29 is 14.3 Å². The summed E-state index contributed by atoms with van der Waals surface area (Å²) in [6, 6.07) is 7.86. The van der Waals surface area contributed by atoms with E-state index < -0.39 is 5.97 Å². The summed E-state index contributed by atoms with van der Waals surface area (Å²) in [6.07, 6.45) is 0. The third-order valence-electron chi connectivity index (χ3n) is 3.16. The minimum atomic E-state index is -1.09. The highest BCUT2D eigenvalue weighted by molar-refractivity contribution is 5.96. The Balaban J connectivity index is 2.44. The number of aromatic carboxylic acids is 1. The minimum absolute atomic E-state index is 0.0292. The van der Waals surface area contributed by atoms with E-state index in [1.165, 1.54) is 12.1 Å². The van der Waals surface area contributed by atoms with Gasteiger partial charge < -0.3 is 16.2 Å². The lowest BCUT2D eigenvalue weighted by atomic mass is 10.1. The van der Waals surface area contributed by atoms with Gasteiger partial charge in [0.25, 0.3) is 0 Å². The van der Waals surface area contributed by atoms with Crippen molar-refractivity contribution in [2.75, 3.05) is 11.1 Å². The van der Waals surface area contributed by atoms with Crippen LogP contribution in [0.25, 0.3) is 0 Å². The number of rotatable bonds is 3. The molecule has 0 amide bonds. The molecule has 0 atom stereocenters. The molecule has 0 bridgehead atoms. The molecule has 0 saturated heterocycles. The van der Waals surface area contributed by atoms with Gasteiger partial charge in [0.1, 0.15) is 5.82 Å². The van der Waals surface area contributed by atoms with Crippen molar-refractivity contribution >= 4 is 23.0 Å². The van der Waals surface area contributed by atoms with Crippen LogP contribution in [-0.2, 0) is 0 Å². The number of hydrogen-bond donors (Lipinski definition) is 3. The van der Waals surface area contributed by atoms with Crippen LogP contribution in [-0.4, -0.2) is 11.1 Å². The van der Waals surface area contributed by atoms with Gasteiger partial charge in [-0.2, -0.15) is 0 Å². The molecule has 20 heavy (non-hydrogen) atoms. The van der Waals surface area contributed by atoms with Crippen LogP contribution < -0.4 is 11.1 Å². The Morgan fingerprint density at radius 1 is 1.30 bits per heavy atom. The van der Waals surface area contributed by atoms with E-state index in [2.05, 4.69) is 5.32 Å². The molecule has 0 heterocycles. The molecule has 0 aliphatic carbocycles. The fraction of sp³-hybridized carbons (Fsp3) is 0.133. The Bertz CT molecular complexity index is 684. The second-order valence-electron chi connectivity index (χ2n) is 4.60. The zero-order valence-corrected chi connectivity index (χ0v) is 11.2. The number of carboxylic acid groups (broad SMARTS) is 1. The van der Waals surface area contributed by atoms with Crippen LogP contribution in [0.1, 0.15) is 21.5 Å². The molecule has 0 aliphatic heterocycles. The van der Waals surface area contributed by atoms with E-state index in [1.54, 1.807) is 32.0 Å². The summed E-state index contributed by atoms with van der Waals surface area (Å²) < 4.78 is 13.5. The summed E-state index contributed by atoms with van der Waals surface area (Å²) in [4.78, 5) is 11.1. The fourth-order valence-corrected chi connectivity index (χ4v) is 1.95. The van der Waals surface area contributed by atoms with E-state index in [-0.39, 0.29) is 17.1 Å². The molecular weight excluding hydrogens is 259 g/mol. The SMILES string of the molecule is Cc1cc(Nc2cccc(F)c2C)cc(C(=O)O)c1N. The van der Waals surface area contributed by atoms with Gasteiger partial charge in [0, 0.05) is 22.6 Å². The van der Waals surface area contributed by atoms with Gasteiger partial charge in [-0.3, -0.25) is 0 Å². The highest BCUT2D eigenvalue weighted by atomic mass is 19.1. The molecule has 104 valence electrons. The highest BCUT2D eigenvalue weighted by Gasteiger charge is 2.12. The maximum atomic E-state index is 13.5. The summed E-state index contributed by atoms with van der Waals surface area (Å²) in [6.45, 7) is 3.38. The van der Waals surface area contributed by atoms with E-state index in [1.807, 2.05) is 0 Å². The first kappa shape index (κ1) is 13.9. The molecular formula is C15H15FN2O2. The Morgan fingerprint density at radius 3 is 2.65 bits per heavy atom. The number of hydrogen-bond acceptors (Lipinski definition) is 3. The zero-order chi connectivity index (χ0) is 14.9. The van der Waals surface area contributed by atoms with Crippen LogP contribution >= 0.6 is 0 Å². The van der Waals surface area contributed by atoms with Crippen LogP contribution in [0, 0.1) is 19.7 Å². The Labute approximate surface area is 116 Å². The Hall–Kier alpha value is -2.56. The van der Waals surface area contributed by atoms with Gasteiger partial charge in [-0.15, -0.1) is 0 Å². The number of halogens is 1. The number of anilines is 3. The smallest absolute Gasteiger partial charge is 0.337 e. The molecule has 0 aromatic heterocycles. The molecule has 4 nitrogen and oxygen atoms in total. The van der Waals surface area contributed by atoms with E-state index in [0.29, 0.717) is 22.5 Å². The molecule has 0 spiro atoms. The van der Waals surface area contributed by atoms with Gasteiger partial charge in [-0.05, 0) is 43.7 Å². The average Bonchev–Trinajstić information content (AvgIpc) is 2.38. The van der Waals surface area contributed by atoms with Crippen molar-refractivity contribution in [3.05, 3.63) is 52.8 Å². The number of nitrogens with two attached hydrogens (primary N) is 1. The third-order valence-corrected chi connectivity index (χ3v) is 3.16. The first-order valence-corrected chi connectivity index (χ1v) is 6.05. The van der Waals surface area contributed by atoms with E-state index in [9.17, 15) is 9.18 Å². The van der Waals surface area contributed by atoms with Crippen molar-refractivity contribution in [1.82, 2.24) is 0 Å². The number of aryl methyl sites for hydroxylation is 1. The lowest BCUT2D eigenvalue weighted by molar-refractivity contribution is 0.0698. The van der Waals surface area contributed by atoms with Crippen molar-refractivity contribution in [3.63, 3.8) is 0 Å².